The zero-order valence-electron chi connectivity index (χ0n) is 14.6. The summed E-state index contributed by atoms with van der Waals surface area (Å²) in [5, 5.41) is 2.84. The fraction of sp³-hybridized carbons (Fsp3) is 0.556. The molecule has 1 aromatic rings. The normalized spacial score (nSPS) is 19.1. The number of urea groups is 1. The molecular weight excluding hydrogens is 323 g/mol. The maximum absolute atomic E-state index is 12.9. The Kier molecular flexibility index (Phi) is 5.53. The van der Waals surface area contributed by atoms with Gasteiger partial charge >= 0.3 is 6.03 Å². The smallest absolute Gasteiger partial charge is 0.317 e. The molecule has 2 aliphatic rings. The van der Waals surface area contributed by atoms with Gasteiger partial charge in [-0.3, -0.25) is 9.69 Å². The Morgan fingerprint density at radius 3 is 2.52 bits per heavy atom. The van der Waals surface area contributed by atoms with Crippen molar-refractivity contribution in [1.82, 2.24) is 20.0 Å². The van der Waals surface area contributed by atoms with E-state index in [1.165, 1.54) is 12.1 Å². The van der Waals surface area contributed by atoms with Gasteiger partial charge in [-0.15, -0.1) is 0 Å². The minimum atomic E-state index is -0.271. The molecule has 7 heteroatoms. The molecule has 0 radical (unpaired) electrons. The third-order valence-corrected chi connectivity index (χ3v) is 5.01. The van der Waals surface area contributed by atoms with Gasteiger partial charge in [0.2, 0.25) is 5.91 Å². The average Bonchev–Trinajstić information content (AvgIpc) is 3.03. The van der Waals surface area contributed by atoms with Crippen LogP contribution in [0.5, 0.6) is 0 Å². The molecule has 1 N–H and O–H groups in total. The van der Waals surface area contributed by atoms with E-state index in [1.54, 1.807) is 24.1 Å². The van der Waals surface area contributed by atoms with Crippen LogP contribution < -0.4 is 5.32 Å². The van der Waals surface area contributed by atoms with Gasteiger partial charge in [0.1, 0.15) is 5.82 Å². The highest BCUT2D eigenvalue weighted by atomic mass is 19.1. The predicted octanol–water partition coefficient (Wildman–Crippen LogP) is 1.27. The number of halogens is 1. The van der Waals surface area contributed by atoms with Crippen LogP contribution in [0, 0.1) is 5.82 Å². The fourth-order valence-corrected chi connectivity index (χ4v) is 3.49. The Morgan fingerprint density at radius 2 is 1.92 bits per heavy atom. The van der Waals surface area contributed by atoms with E-state index < -0.39 is 0 Å². The maximum Gasteiger partial charge on any atom is 0.317 e. The van der Waals surface area contributed by atoms with E-state index in [1.807, 2.05) is 4.90 Å². The van der Waals surface area contributed by atoms with Gasteiger partial charge in [-0.25, -0.2) is 9.18 Å². The number of amides is 3. The Bertz CT molecular complexity index is 614. The van der Waals surface area contributed by atoms with E-state index in [4.69, 9.17) is 0 Å². The standard InChI is InChI=1S/C18H25FN4O2/c1-21(12-14-2-4-15(19)5-3-14)17(24)13-22-9-6-16(7-10-22)23-11-8-20-18(23)25/h2-5,16H,6-13H2,1H3,(H,20,25). The number of hydrogen-bond acceptors (Lipinski definition) is 3. The number of rotatable bonds is 5. The van der Waals surface area contributed by atoms with Crippen LogP contribution in [0.1, 0.15) is 18.4 Å². The van der Waals surface area contributed by atoms with Crippen LogP contribution in [-0.4, -0.2) is 72.5 Å². The van der Waals surface area contributed by atoms with E-state index in [9.17, 15) is 14.0 Å². The van der Waals surface area contributed by atoms with Gasteiger partial charge in [0.05, 0.1) is 6.54 Å². The Morgan fingerprint density at radius 1 is 1.24 bits per heavy atom. The molecule has 3 rings (SSSR count). The molecule has 0 unspecified atom stereocenters. The molecule has 25 heavy (non-hydrogen) atoms. The molecule has 0 aromatic heterocycles. The second kappa shape index (κ2) is 7.82. The predicted molar refractivity (Wildman–Crippen MR) is 92.4 cm³/mol. The molecule has 0 atom stereocenters. The van der Waals surface area contributed by atoms with E-state index >= 15 is 0 Å². The van der Waals surface area contributed by atoms with Gasteiger partial charge in [-0.1, -0.05) is 12.1 Å². The molecule has 6 nitrogen and oxygen atoms in total. The SMILES string of the molecule is CN(Cc1ccc(F)cc1)C(=O)CN1CCC(N2CCNC2=O)CC1. The fourth-order valence-electron chi connectivity index (χ4n) is 3.49. The van der Waals surface area contributed by atoms with Gasteiger partial charge in [0, 0.05) is 45.8 Å². The number of nitrogens with one attached hydrogen (secondary N) is 1. The summed E-state index contributed by atoms with van der Waals surface area (Å²) in [6, 6.07) is 6.54. The number of piperidine rings is 1. The first-order valence-corrected chi connectivity index (χ1v) is 8.78. The van der Waals surface area contributed by atoms with Crippen LogP contribution >= 0.6 is 0 Å². The molecule has 2 aliphatic heterocycles. The molecule has 0 saturated carbocycles. The number of benzene rings is 1. The lowest BCUT2D eigenvalue weighted by Gasteiger charge is -2.36. The van der Waals surface area contributed by atoms with Crippen molar-refractivity contribution in [2.24, 2.45) is 0 Å². The van der Waals surface area contributed by atoms with Gasteiger partial charge in [0.25, 0.3) is 0 Å². The molecule has 136 valence electrons. The van der Waals surface area contributed by atoms with Gasteiger partial charge in [0.15, 0.2) is 0 Å². The Balaban J connectivity index is 1.44. The summed E-state index contributed by atoms with van der Waals surface area (Å²) in [6.07, 6.45) is 1.81. The average molecular weight is 348 g/mol. The minimum absolute atomic E-state index is 0.0357. The van der Waals surface area contributed by atoms with Crippen LogP contribution in [0.2, 0.25) is 0 Å². The van der Waals surface area contributed by atoms with E-state index in [0.29, 0.717) is 13.1 Å². The molecule has 2 saturated heterocycles. The summed E-state index contributed by atoms with van der Waals surface area (Å²) in [5.41, 5.74) is 0.913. The molecule has 2 heterocycles. The largest absolute Gasteiger partial charge is 0.340 e. The highest BCUT2D eigenvalue weighted by Crippen LogP contribution is 2.18. The zero-order valence-corrected chi connectivity index (χ0v) is 14.6. The molecule has 0 bridgehead atoms. The molecule has 0 aliphatic carbocycles. The van der Waals surface area contributed by atoms with Crippen LogP contribution in [0.15, 0.2) is 24.3 Å². The van der Waals surface area contributed by atoms with Gasteiger partial charge < -0.3 is 15.1 Å². The minimum Gasteiger partial charge on any atom is -0.340 e. The molecule has 0 spiro atoms. The van der Waals surface area contributed by atoms with E-state index in [-0.39, 0.29) is 23.8 Å². The third kappa shape index (κ3) is 4.48. The lowest BCUT2D eigenvalue weighted by molar-refractivity contribution is -0.132. The Hall–Kier alpha value is -2.15. The summed E-state index contributed by atoms with van der Waals surface area (Å²) in [4.78, 5) is 29.9. The topological polar surface area (TPSA) is 55.9 Å². The van der Waals surface area contributed by atoms with Gasteiger partial charge in [-0.2, -0.15) is 0 Å². The van der Waals surface area contributed by atoms with Crippen molar-refractivity contribution < 1.29 is 14.0 Å². The van der Waals surface area contributed by atoms with E-state index in [0.717, 1.165) is 44.6 Å². The highest BCUT2D eigenvalue weighted by molar-refractivity contribution is 5.78. The first-order chi connectivity index (χ1) is 12.0. The number of carbonyl (C=O) groups excluding carboxylic acids is 2. The second-order valence-electron chi connectivity index (χ2n) is 6.81. The number of hydrogen-bond donors (Lipinski definition) is 1. The van der Waals surface area contributed by atoms with Crippen molar-refractivity contribution in [3.8, 4) is 0 Å². The molecule has 1 aromatic carbocycles. The number of carbonyl (C=O) groups is 2. The Labute approximate surface area is 147 Å². The van der Waals surface area contributed by atoms with Crippen LogP contribution in [0.3, 0.4) is 0 Å². The lowest BCUT2D eigenvalue weighted by atomic mass is 10.0. The second-order valence-corrected chi connectivity index (χ2v) is 6.81. The zero-order chi connectivity index (χ0) is 17.8. The van der Waals surface area contributed by atoms with Crippen molar-refractivity contribution in [3.63, 3.8) is 0 Å². The van der Waals surface area contributed by atoms with Crippen LogP contribution in [-0.2, 0) is 11.3 Å². The quantitative estimate of drug-likeness (QED) is 0.872. The van der Waals surface area contributed by atoms with Crippen molar-refractivity contribution in [1.29, 1.82) is 0 Å². The first kappa shape index (κ1) is 17.7. The van der Waals surface area contributed by atoms with Crippen molar-refractivity contribution in [3.05, 3.63) is 35.6 Å². The molecular formula is C18H25FN4O2. The lowest BCUT2D eigenvalue weighted by Crippen LogP contribution is -2.48. The summed E-state index contributed by atoms with van der Waals surface area (Å²) in [7, 11) is 1.77. The third-order valence-electron chi connectivity index (χ3n) is 5.01. The summed E-state index contributed by atoms with van der Waals surface area (Å²) in [6.45, 7) is 4.02. The van der Waals surface area contributed by atoms with Gasteiger partial charge in [-0.05, 0) is 30.5 Å². The monoisotopic (exact) mass is 348 g/mol. The molecule has 3 amide bonds. The number of likely N-dealkylation sites (N-methyl/N-ethyl adjacent to an activating group) is 1. The number of nitrogens with zero attached hydrogens (tertiary/aromatic N) is 3. The van der Waals surface area contributed by atoms with Crippen LogP contribution in [0.4, 0.5) is 9.18 Å². The van der Waals surface area contributed by atoms with Crippen molar-refractivity contribution in [2.45, 2.75) is 25.4 Å². The summed E-state index contributed by atoms with van der Waals surface area (Å²) < 4.78 is 12.9. The van der Waals surface area contributed by atoms with Crippen LogP contribution in [0.25, 0.3) is 0 Å². The van der Waals surface area contributed by atoms with Crippen molar-refractivity contribution in [2.75, 3.05) is 39.8 Å². The highest BCUT2D eigenvalue weighted by Gasteiger charge is 2.31. The first-order valence-electron chi connectivity index (χ1n) is 8.78. The molecule has 2 fully saturated rings. The maximum atomic E-state index is 12.9. The summed E-state index contributed by atoms with van der Waals surface area (Å²) in [5.74, 6) is -0.214. The number of likely N-dealkylation sites (tertiary alicyclic amines) is 1. The van der Waals surface area contributed by atoms with E-state index in [2.05, 4.69) is 10.2 Å². The summed E-state index contributed by atoms with van der Waals surface area (Å²) >= 11 is 0. The van der Waals surface area contributed by atoms with Crippen molar-refractivity contribution >= 4 is 11.9 Å².